The number of esters is 1. The van der Waals surface area contributed by atoms with Crippen molar-refractivity contribution in [1.29, 1.82) is 0 Å². The van der Waals surface area contributed by atoms with Crippen LogP contribution < -0.4 is 5.32 Å². The van der Waals surface area contributed by atoms with Crippen LogP contribution >= 0.6 is 0 Å². The van der Waals surface area contributed by atoms with E-state index in [2.05, 4.69) is 36.5 Å². The molecule has 1 aliphatic rings. The summed E-state index contributed by atoms with van der Waals surface area (Å²) in [7, 11) is 0. The van der Waals surface area contributed by atoms with Crippen molar-refractivity contribution in [1.82, 2.24) is 5.32 Å². The van der Waals surface area contributed by atoms with Gasteiger partial charge >= 0.3 is 5.97 Å². The van der Waals surface area contributed by atoms with Crippen molar-refractivity contribution in [2.45, 2.75) is 57.9 Å². The number of rotatable bonds is 6. The van der Waals surface area contributed by atoms with E-state index in [9.17, 15) is 4.79 Å². The first-order chi connectivity index (χ1) is 10.2. The molecule has 3 heteroatoms. The molecule has 0 amide bonds. The molecule has 0 saturated heterocycles. The molecule has 2 rings (SSSR count). The van der Waals surface area contributed by atoms with E-state index in [1.54, 1.807) is 0 Å². The van der Waals surface area contributed by atoms with Gasteiger partial charge in [-0.2, -0.15) is 0 Å². The summed E-state index contributed by atoms with van der Waals surface area (Å²) in [4.78, 5) is 12.1. The average Bonchev–Trinajstić information content (AvgIpc) is 2.66. The Labute approximate surface area is 128 Å². The van der Waals surface area contributed by atoms with Crippen LogP contribution in [0.4, 0.5) is 0 Å². The minimum absolute atomic E-state index is 0.0993. The molecule has 1 unspecified atom stereocenters. The minimum Gasteiger partial charge on any atom is -0.466 e. The predicted molar refractivity (Wildman–Crippen MR) is 85.2 cm³/mol. The number of nitrogens with one attached hydrogen (secondary N) is 1. The number of fused-ring (bicyclic) bond motifs is 1. The molecule has 0 heterocycles. The largest absolute Gasteiger partial charge is 0.466 e. The SMILES string of the molecule is CCCNC1(CC(=O)OCC)CCCCc2ccccc21. The molecule has 0 saturated carbocycles. The topological polar surface area (TPSA) is 38.3 Å². The van der Waals surface area contributed by atoms with E-state index in [1.165, 1.54) is 17.5 Å². The Morgan fingerprint density at radius 3 is 2.86 bits per heavy atom. The molecule has 0 bridgehead atoms. The molecular formula is C18H27NO2. The lowest BCUT2D eigenvalue weighted by Crippen LogP contribution is -2.45. The van der Waals surface area contributed by atoms with Gasteiger partial charge in [-0.1, -0.05) is 37.6 Å². The first kappa shape index (κ1) is 16.0. The zero-order valence-corrected chi connectivity index (χ0v) is 13.3. The van der Waals surface area contributed by atoms with Crippen molar-refractivity contribution in [3.63, 3.8) is 0 Å². The quantitative estimate of drug-likeness (QED) is 0.643. The van der Waals surface area contributed by atoms with E-state index in [0.717, 1.165) is 32.2 Å². The molecule has 116 valence electrons. The molecule has 1 N–H and O–H groups in total. The molecule has 21 heavy (non-hydrogen) atoms. The van der Waals surface area contributed by atoms with E-state index in [0.29, 0.717) is 13.0 Å². The van der Waals surface area contributed by atoms with Crippen molar-refractivity contribution in [2.75, 3.05) is 13.2 Å². The summed E-state index contributed by atoms with van der Waals surface area (Å²) in [5.74, 6) is -0.0993. The van der Waals surface area contributed by atoms with Crippen LogP contribution in [0, 0.1) is 0 Å². The van der Waals surface area contributed by atoms with Crippen molar-refractivity contribution < 1.29 is 9.53 Å². The first-order valence-corrected chi connectivity index (χ1v) is 8.21. The molecule has 1 aliphatic carbocycles. The lowest BCUT2D eigenvalue weighted by atomic mass is 9.81. The van der Waals surface area contributed by atoms with E-state index in [4.69, 9.17) is 4.74 Å². The van der Waals surface area contributed by atoms with Crippen LogP contribution in [-0.4, -0.2) is 19.1 Å². The smallest absolute Gasteiger partial charge is 0.308 e. The Morgan fingerprint density at radius 1 is 1.29 bits per heavy atom. The molecule has 0 fully saturated rings. The van der Waals surface area contributed by atoms with Crippen LogP contribution in [0.3, 0.4) is 0 Å². The predicted octanol–water partition coefficient (Wildman–Crippen LogP) is 3.56. The summed E-state index contributed by atoms with van der Waals surface area (Å²) < 4.78 is 5.23. The van der Waals surface area contributed by atoms with Crippen molar-refractivity contribution in [3.05, 3.63) is 35.4 Å². The standard InChI is InChI=1S/C18H27NO2/c1-3-13-19-18(14-17(20)21-4-2)12-8-7-10-15-9-5-6-11-16(15)18/h5-6,9,11,19H,3-4,7-8,10,12-14H2,1-2H3. The van der Waals surface area contributed by atoms with Crippen molar-refractivity contribution >= 4 is 5.97 Å². The molecule has 0 spiro atoms. The number of hydrogen-bond acceptors (Lipinski definition) is 3. The van der Waals surface area contributed by atoms with Crippen LogP contribution in [-0.2, 0) is 21.5 Å². The maximum atomic E-state index is 12.1. The Kier molecular flexibility index (Phi) is 5.80. The van der Waals surface area contributed by atoms with Gasteiger partial charge in [0.1, 0.15) is 0 Å². The average molecular weight is 289 g/mol. The maximum Gasteiger partial charge on any atom is 0.308 e. The highest BCUT2D eigenvalue weighted by Gasteiger charge is 2.37. The Hall–Kier alpha value is -1.35. The number of aryl methyl sites for hydroxylation is 1. The highest BCUT2D eigenvalue weighted by atomic mass is 16.5. The normalized spacial score (nSPS) is 21.4. The van der Waals surface area contributed by atoms with E-state index < -0.39 is 0 Å². The van der Waals surface area contributed by atoms with Gasteiger partial charge in [0.15, 0.2) is 0 Å². The van der Waals surface area contributed by atoms with Crippen LogP contribution in [0.1, 0.15) is 57.1 Å². The lowest BCUT2D eigenvalue weighted by molar-refractivity contribution is -0.145. The number of ether oxygens (including phenoxy) is 1. The van der Waals surface area contributed by atoms with Crippen molar-refractivity contribution in [3.8, 4) is 0 Å². The zero-order valence-electron chi connectivity index (χ0n) is 13.3. The first-order valence-electron chi connectivity index (χ1n) is 8.21. The highest BCUT2D eigenvalue weighted by molar-refractivity contribution is 5.71. The number of carbonyl (C=O) groups excluding carboxylic acids is 1. The molecule has 0 radical (unpaired) electrons. The Bertz CT molecular complexity index is 472. The second-order valence-corrected chi connectivity index (χ2v) is 5.85. The second-order valence-electron chi connectivity index (χ2n) is 5.85. The summed E-state index contributed by atoms with van der Waals surface area (Å²) in [6.07, 6.45) is 5.93. The fourth-order valence-corrected chi connectivity index (χ4v) is 3.33. The molecule has 1 atom stereocenters. The highest BCUT2D eigenvalue weighted by Crippen LogP contribution is 2.37. The van der Waals surface area contributed by atoms with Gasteiger partial charge in [0, 0.05) is 0 Å². The summed E-state index contributed by atoms with van der Waals surface area (Å²) in [6, 6.07) is 8.56. The fourth-order valence-electron chi connectivity index (χ4n) is 3.33. The van der Waals surface area contributed by atoms with Gasteiger partial charge in [-0.15, -0.1) is 0 Å². The van der Waals surface area contributed by atoms with Gasteiger partial charge in [-0.25, -0.2) is 0 Å². The lowest BCUT2D eigenvalue weighted by Gasteiger charge is -2.35. The summed E-state index contributed by atoms with van der Waals surface area (Å²) in [6.45, 7) is 5.40. The third-order valence-corrected chi connectivity index (χ3v) is 4.30. The number of hydrogen-bond donors (Lipinski definition) is 1. The van der Waals surface area contributed by atoms with Crippen LogP contribution in [0.2, 0.25) is 0 Å². The fraction of sp³-hybridized carbons (Fsp3) is 0.611. The summed E-state index contributed by atoms with van der Waals surface area (Å²) >= 11 is 0. The van der Waals surface area contributed by atoms with Crippen LogP contribution in [0.5, 0.6) is 0 Å². The van der Waals surface area contributed by atoms with Crippen LogP contribution in [0.25, 0.3) is 0 Å². The molecule has 1 aromatic rings. The number of carbonyl (C=O) groups is 1. The van der Waals surface area contributed by atoms with E-state index in [1.807, 2.05) is 6.92 Å². The molecule has 0 aliphatic heterocycles. The third-order valence-electron chi connectivity index (χ3n) is 4.30. The number of benzene rings is 1. The maximum absolute atomic E-state index is 12.1. The van der Waals surface area contributed by atoms with E-state index >= 15 is 0 Å². The Morgan fingerprint density at radius 2 is 2.10 bits per heavy atom. The van der Waals surface area contributed by atoms with Gasteiger partial charge in [-0.3, -0.25) is 4.79 Å². The zero-order chi connectivity index (χ0) is 15.1. The minimum atomic E-state index is -0.255. The molecule has 1 aromatic carbocycles. The van der Waals surface area contributed by atoms with Gasteiger partial charge < -0.3 is 10.1 Å². The second kappa shape index (κ2) is 7.60. The third kappa shape index (κ3) is 3.85. The van der Waals surface area contributed by atoms with Gasteiger partial charge in [0.25, 0.3) is 0 Å². The molecule has 3 nitrogen and oxygen atoms in total. The van der Waals surface area contributed by atoms with Crippen molar-refractivity contribution in [2.24, 2.45) is 0 Å². The Balaban J connectivity index is 2.35. The monoisotopic (exact) mass is 289 g/mol. The van der Waals surface area contributed by atoms with Gasteiger partial charge in [0.2, 0.25) is 0 Å². The molecular weight excluding hydrogens is 262 g/mol. The van der Waals surface area contributed by atoms with E-state index in [-0.39, 0.29) is 11.5 Å². The van der Waals surface area contributed by atoms with Crippen LogP contribution in [0.15, 0.2) is 24.3 Å². The molecule has 0 aromatic heterocycles. The van der Waals surface area contributed by atoms with Gasteiger partial charge in [0.05, 0.1) is 18.6 Å². The van der Waals surface area contributed by atoms with Gasteiger partial charge in [-0.05, 0) is 50.3 Å². The summed E-state index contributed by atoms with van der Waals surface area (Å²) in [5, 5.41) is 3.67. The summed E-state index contributed by atoms with van der Waals surface area (Å²) in [5.41, 5.74) is 2.42.